The number of rotatable bonds is 3. The van der Waals surface area contributed by atoms with Crippen LogP contribution in [0.3, 0.4) is 0 Å². The molecule has 12 heavy (non-hydrogen) atoms. The standard InChI is InChI=1S/C9H10O3/c10-8-4-1-7(2-5-8)3-6-9(11)12/h1-2,4-5,7H,3,6H2,(H,11,12). The number of hydrogen-bond donors (Lipinski definition) is 1. The van der Waals surface area contributed by atoms with Crippen molar-refractivity contribution in [1.29, 1.82) is 0 Å². The number of carboxylic acid groups (broad SMARTS) is 1. The van der Waals surface area contributed by atoms with E-state index in [2.05, 4.69) is 0 Å². The first-order valence-electron chi connectivity index (χ1n) is 3.80. The average Bonchev–Trinajstić information content (AvgIpc) is 2.03. The summed E-state index contributed by atoms with van der Waals surface area (Å²) in [5.41, 5.74) is 0. The van der Waals surface area contributed by atoms with E-state index in [1.165, 1.54) is 12.2 Å². The number of aliphatic carboxylic acids is 1. The monoisotopic (exact) mass is 166 g/mol. The van der Waals surface area contributed by atoms with Gasteiger partial charge in [0.2, 0.25) is 0 Å². The molecule has 1 rings (SSSR count). The molecule has 0 radical (unpaired) electrons. The van der Waals surface area contributed by atoms with Crippen molar-refractivity contribution in [1.82, 2.24) is 0 Å². The molecule has 0 aromatic carbocycles. The molecule has 1 aliphatic rings. The zero-order valence-corrected chi connectivity index (χ0v) is 6.56. The van der Waals surface area contributed by atoms with E-state index < -0.39 is 5.97 Å². The first kappa shape index (κ1) is 8.71. The summed E-state index contributed by atoms with van der Waals surface area (Å²) in [6, 6.07) is 0. The van der Waals surface area contributed by atoms with Gasteiger partial charge in [-0.25, -0.2) is 0 Å². The van der Waals surface area contributed by atoms with E-state index in [4.69, 9.17) is 5.11 Å². The van der Waals surface area contributed by atoms with Crippen LogP contribution < -0.4 is 0 Å². The van der Waals surface area contributed by atoms with Crippen LogP contribution in [0.25, 0.3) is 0 Å². The predicted octanol–water partition coefficient (Wildman–Crippen LogP) is 1.16. The normalized spacial score (nSPS) is 16.8. The summed E-state index contributed by atoms with van der Waals surface area (Å²) in [7, 11) is 0. The van der Waals surface area contributed by atoms with Crippen LogP contribution in [0.15, 0.2) is 24.3 Å². The van der Waals surface area contributed by atoms with Gasteiger partial charge in [0.1, 0.15) is 0 Å². The van der Waals surface area contributed by atoms with Gasteiger partial charge in [-0.05, 0) is 24.5 Å². The van der Waals surface area contributed by atoms with E-state index in [1.54, 1.807) is 12.2 Å². The number of carbonyl (C=O) groups excluding carboxylic acids is 1. The molecule has 0 fully saturated rings. The second kappa shape index (κ2) is 3.85. The molecule has 3 nitrogen and oxygen atoms in total. The van der Waals surface area contributed by atoms with Gasteiger partial charge in [0.05, 0.1) is 0 Å². The fourth-order valence-corrected chi connectivity index (χ4v) is 1.04. The largest absolute Gasteiger partial charge is 0.481 e. The molecule has 0 saturated carbocycles. The highest BCUT2D eigenvalue weighted by molar-refractivity contribution is 6.00. The van der Waals surface area contributed by atoms with Gasteiger partial charge in [0, 0.05) is 6.42 Å². The van der Waals surface area contributed by atoms with Crippen molar-refractivity contribution in [3.8, 4) is 0 Å². The van der Waals surface area contributed by atoms with Crippen LogP contribution >= 0.6 is 0 Å². The van der Waals surface area contributed by atoms with Gasteiger partial charge in [0.15, 0.2) is 5.78 Å². The van der Waals surface area contributed by atoms with Crippen LogP contribution in [-0.4, -0.2) is 16.9 Å². The maximum atomic E-state index is 10.7. The van der Waals surface area contributed by atoms with Crippen molar-refractivity contribution in [2.75, 3.05) is 0 Å². The third-order valence-corrected chi connectivity index (χ3v) is 1.71. The van der Waals surface area contributed by atoms with Crippen molar-refractivity contribution in [2.24, 2.45) is 5.92 Å². The molecule has 0 heterocycles. The van der Waals surface area contributed by atoms with Crippen molar-refractivity contribution in [3.63, 3.8) is 0 Å². The number of carbonyl (C=O) groups is 2. The number of carboxylic acids is 1. The average molecular weight is 166 g/mol. The Hall–Kier alpha value is -1.38. The van der Waals surface area contributed by atoms with Crippen LogP contribution in [-0.2, 0) is 9.59 Å². The van der Waals surface area contributed by atoms with E-state index in [0.717, 1.165) is 0 Å². The minimum atomic E-state index is -0.797. The summed E-state index contributed by atoms with van der Waals surface area (Å²) in [6.07, 6.45) is 7.15. The van der Waals surface area contributed by atoms with Crippen molar-refractivity contribution in [3.05, 3.63) is 24.3 Å². The van der Waals surface area contributed by atoms with Crippen LogP contribution in [0, 0.1) is 5.92 Å². The van der Waals surface area contributed by atoms with Crippen molar-refractivity contribution >= 4 is 11.8 Å². The third kappa shape index (κ3) is 2.70. The Morgan fingerprint density at radius 3 is 2.50 bits per heavy atom. The van der Waals surface area contributed by atoms with Crippen molar-refractivity contribution in [2.45, 2.75) is 12.8 Å². The molecule has 0 spiro atoms. The molecule has 3 heteroatoms. The minimum Gasteiger partial charge on any atom is -0.481 e. The second-order valence-corrected chi connectivity index (χ2v) is 2.72. The van der Waals surface area contributed by atoms with Crippen LogP contribution in [0.1, 0.15) is 12.8 Å². The van der Waals surface area contributed by atoms with Gasteiger partial charge in [-0.2, -0.15) is 0 Å². The molecule has 1 aliphatic carbocycles. The molecular weight excluding hydrogens is 156 g/mol. The molecule has 1 N–H and O–H groups in total. The quantitative estimate of drug-likeness (QED) is 0.684. The molecule has 0 unspecified atom stereocenters. The Bertz CT molecular complexity index is 234. The van der Waals surface area contributed by atoms with Gasteiger partial charge < -0.3 is 5.11 Å². The smallest absolute Gasteiger partial charge is 0.303 e. The second-order valence-electron chi connectivity index (χ2n) is 2.72. The van der Waals surface area contributed by atoms with Crippen molar-refractivity contribution < 1.29 is 14.7 Å². The Labute approximate surface area is 70.4 Å². The molecule has 0 amide bonds. The highest BCUT2D eigenvalue weighted by atomic mass is 16.4. The zero-order valence-electron chi connectivity index (χ0n) is 6.56. The molecule has 0 aromatic rings. The molecular formula is C9H10O3. The van der Waals surface area contributed by atoms with Crippen LogP contribution in [0.4, 0.5) is 0 Å². The van der Waals surface area contributed by atoms with Crippen LogP contribution in [0.2, 0.25) is 0 Å². The van der Waals surface area contributed by atoms with Gasteiger partial charge >= 0.3 is 5.97 Å². The maximum absolute atomic E-state index is 10.7. The number of allylic oxidation sites excluding steroid dienone is 4. The fourth-order valence-electron chi connectivity index (χ4n) is 1.04. The lowest BCUT2D eigenvalue weighted by atomic mass is 9.98. The summed E-state index contributed by atoms with van der Waals surface area (Å²) < 4.78 is 0. The third-order valence-electron chi connectivity index (χ3n) is 1.71. The summed E-state index contributed by atoms with van der Waals surface area (Å²) in [5.74, 6) is -0.714. The highest BCUT2D eigenvalue weighted by Gasteiger charge is 2.07. The van der Waals surface area contributed by atoms with E-state index in [1.807, 2.05) is 0 Å². The lowest BCUT2D eigenvalue weighted by molar-refractivity contribution is -0.137. The predicted molar refractivity (Wildman–Crippen MR) is 43.6 cm³/mol. The van der Waals surface area contributed by atoms with Crippen LogP contribution in [0.5, 0.6) is 0 Å². The molecule has 0 aliphatic heterocycles. The highest BCUT2D eigenvalue weighted by Crippen LogP contribution is 2.13. The van der Waals surface area contributed by atoms with E-state index in [9.17, 15) is 9.59 Å². The van der Waals surface area contributed by atoms with E-state index in [0.29, 0.717) is 6.42 Å². The summed E-state index contributed by atoms with van der Waals surface area (Å²) in [6.45, 7) is 0. The summed E-state index contributed by atoms with van der Waals surface area (Å²) >= 11 is 0. The topological polar surface area (TPSA) is 54.4 Å². The van der Waals surface area contributed by atoms with Gasteiger partial charge in [-0.1, -0.05) is 12.2 Å². The lowest BCUT2D eigenvalue weighted by Gasteiger charge is -2.07. The first-order valence-corrected chi connectivity index (χ1v) is 3.80. The minimum absolute atomic E-state index is 0.0263. The first-order chi connectivity index (χ1) is 5.68. The van der Waals surface area contributed by atoms with Gasteiger partial charge in [-0.3, -0.25) is 9.59 Å². The molecule has 64 valence electrons. The molecule has 0 saturated heterocycles. The Morgan fingerprint density at radius 2 is 2.00 bits per heavy atom. The lowest BCUT2D eigenvalue weighted by Crippen LogP contribution is -2.04. The summed E-state index contributed by atoms with van der Waals surface area (Å²) in [5, 5.41) is 8.38. The fraction of sp³-hybridized carbons (Fsp3) is 0.333. The Balaban J connectivity index is 2.36. The SMILES string of the molecule is O=C1C=CC(CCC(=O)O)C=C1. The maximum Gasteiger partial charge on any atom is 0.303 e. The number of ketones is 1. The Kier molecular flexibility index (Phi) is 2.80. The van der Waals surface area contributed by atoms with E-state index >= 15 is 0 Å². The van der Waals surface area contributed by atoms with Gasteiger partial charge in [0.25, 0.3) is 0 Å². The Morgan fingerprint density at radius 1 is 1.42 bits per heavy atom. The zero-order chi connectivity index (χ0) is 8.97. The number of hydrogen-bond acceptors (Lipinski definition) is 2. The van der Waals surface area contributed by atoms with Gasteiger partial charge in [-0.15, -0.1) is 0 Å². The molecule has 0 atom stereocenters. The summed E-state index contributed by atoms with van der Waals surface area (Å²) in [4.78, 5) is 20.8. The van der Waals surface area contributed by atoms with E-state index in [-0.39, 0.29) is 18.1 Å². The molecule has 0 aromatic heterocycles. The molecule has 0 bridgehead atoms.